The fourth-order valence-corrected chi connectivity index (χ4v) is 3.47. The van der Waals surface area contributed by atoms with Crippen LogP contribution in [0.15, 0.2) is 48.7 Å². The number of fused-ring (bicyclic) bond motifs is 1. The number of pyridine rings is 2. The zero-order valence-electron chi connectivity index (χ0n) is 16.0. The lowest BCUT2D eigenvalue weighted by Crippen LogP contribution is -2.48. The van der Waals surface area contributed by atoms with Gasteiger partial charge in [0.1, 0.15) is 5.69 Å². The summed E-state index contributed by atoms with van der Waals surface area (Å²) in [5.41, 5.74) is 2.22. The SMILES string of the molecule is Cc1ccc(C(F)c2cc(C(=O)N[C@H]3CCOC[C@@H]3O)nc3ccccc23)cn1. The molecule has 1 aliphatic rings. The molecule has 0 saturated carbocycles. The Balaban J connectivity index is 1.70. The standard InChI is InChI=1S/C22H22FN3O3/c1-13-6-7-14(11-24-13)21(23)16-10-19(25-17-5-3-2-4-15(16)17)22(28)26-18-8-9-29-12-20(18)27/h2-7,10-11,18,20-21,27H,8-9,12H2,1H3,(H,26,28)/t18-,20-,21?/m0/s1. The van der Waals surface area contributed by atoms with E-state index in [9.17, 15) is 9.90 Å². The molecule has 29 heavy (non-hydrogen) atoms. The van der Waals surface area contributed by atoms with Crippen molar-refractivity contribution < 1.29 is 19.0 Å². The lowest BCUT2D eigenvalue weighted by Gasteiger charge is -2.28. The van der Waals surface area contributed by atoms with Crippen molar-refractivity contribution in [3.05, 3.63) is 71.2 Å². The van der Waals surface area contributed by atoms with Crippen LogP contribution in [-0.2, 0) is 4.74 Å². The Morgan fingerprint density at radius 3 is 2.90 bits per heavy atom. The average molecular weight is 395 g/mol. The molecule has 1 fully saturated rings. The predicted molar refractivity (Wildman–Crippen MR) is 106 cm³/mol. The van der Waals surface area contributed by atoms with Crippen LogP contribution in [-0.4, -0.2) is 46.3 Å². The zero-order valence-corrected chi connectivity index (χ0v) is 16.0. The number of rotatable bonds is 4. The third kappa shape index (κ3) is 4.11. The molecule has 3 atom stereocenters. The van der Waals surface area contributed by atoms with Crippen molar-refractivity contribution in [1.82, 2.24) is 15.3 Å². The fourth-order valence-electron chi connectivity index (χ4n) is 3.47. The topological polar surface area (TPSA) is 84.3 Å². The second-order valence-corrected chi connectivity index (χ2v) is 7.22. The van der Waals surface area contributed by atoms with Gasteiger partial charge in [0.25, 0.3) is 5.91 Å². The number of nitrogens with one attached hydrogen (secondary N) is 1. The number of hydrogen-bond donors (Lipinski definition) is 2. The van der Waals surface area contributed by atoms with E-state index in [-0.39, 0.29) is 12.3 Å². The Kier molecular flexibility index (Phi) is 5.51. The maximum atomic E-state index is 15.4. The summed E-state index contributed by atoms with van der Waals surface area (Å²) in [6, 6.07) is 11.7. The highest BCUT2D eigenvalue weighted by atomic mass is 19.1. The molecule has 7 heteroatoms. The molecular weight excluding hydrogens is 373 g/mol. The van der Waals surface area contributed by atoms with Crippen molar-refractivity contribution in [2.75, 3.05) is 13.2 Å². The van der Waals surface area contributed by atoms with E-state index in [1.807, 2.05) is 13.0 Å². The van der Waals surface area contributed by atoms with Gasteiger partial charge in [0.15, 0.2) is 6.17 Å². The molecule has 0 spiro atoms. The highest BCUT2D eigenvalue weighted by Crippen LogP contribution is 2.31. The van der Waals surface area contributed by atoms with E-state index in [0.717, 1.165) is 5.69 Å². The molecule has 4 rings (SSSR count). The number of ether oxygens (including phenoxy) is 1. The molecular formula is C22H22FN3O3. The first kappa shape index (κ1) is 19.4. The van der Waals surface area contributed by atoms with Gasteiger partial charge in [0.05, 0.1) is 24.3 Å². The first-order valence-electron chi connectivity index (χ1n) is 9.56. The summed E-state index contributed by atoms with van der Waals surface area (Å²) in [4.78, 5) is 21.4. The average Bonchev–Trinajstić information content (AvgIpc) is 2.74. The molecule has 0 bridgehead atoms. The van der Waals surface area contributed by atoms with Gasteiger partial charge in [-0.05, 0) is 31.5 Å². The number of aliphatic hydroxyl groups is 1. The van der Waals surface area contributed by atoms with Crippen molar-refractivity contribution in [3.63, 3.8) is 0 Å². The van der Waals surface area contributed by atoms with E-state index in [4.69, 9.17) is 4.74 Å². The molecule has 3 heterocycles. The number of aryl methyl sites for hydroxylation is 1. The minimum Gasteiger partial charge on any atom is -0.389 e. The molecule has 0 radical (unpaired) electrons. The van der Waals surface area contributed by atoms with Gasteiger partial charge in [-0.25, -0.2) is 9.37 Å². The lowest BCUT2D eigenvalue weighted by atomic mass is 9.98. The minimum atomic E-state index is -1.45. The van der Waals surface area contributed by atoms with Gasteiger partial charge in [-0.1, -0.05) is 24.3 Å². The smallest absolute Gasteiger partial charge is 0.270 e. The molecule has 2 N–H and O–H groups in total. The van der Waals surface area contributed by atoms with Crippen LogP contribution in [0.4, 0.5) is 4.39 Å². The Bertz CT molecular complexity index is 1030. The molecule has 150 valence electrons. The molecule has 1 aromatic carbocycles. The van der Waals surface area contributed by atoms with Gasteiger partial charge in [-0.2, -0.15) is 0 Å². The largest absolute Gasteiger partial charge is 0.389 e. The summed E-state index contributed by atoms with van der Waals surface area (Å²) in [5, 5.41) is 13.5. The van der Waals surface area contributed by atoms with Gasteiger partial charge >= 0.3 is 0 Å². The number of alkyl halides is 1. The maximum absolute atomic E-state index is 15.4. The maximum Gasteiger partial charge on any atom is 0.270 e. The predicted octanol–water partition coefficient (Wildman–Crippen LogP) is 2.88. The van der Waals surface area contributed by atoms with E-state index < -0.39 is 24.2 Å². The van der Waals surface area contributed by atoms with Crippen molar-refractivity contribution in [1.29, 1.82) is 0 Å². The minimum absolute atomic E-state index is 0.111. The molecule has 1 saturated heterocycles. The van der Waals surface area contributed by atoms with E-state index >= 15 is 4.39 Å². The van der Waals surface area contributed by atoms with Crippen molar-refractivity contribution in [2.24, 2.45) is 0 Å². The summed E-state index contributed by atoms with van der Waals surface area (Å²) in [5.74, 6) is -0.447. The van der Waals surface area contributed by atoms with E-state index in [1.165, 1.54) is 12.3 Å². The number of nitrogens with zero attached hydrogens (tertiary/aromatic N) is 2. The Morgan fingerprint density at radius 1 is 1.31 bits per heavy atom. The van der Waals surface area contributed by atoms with Crippen molar-refractivity contribution in [2.45, 2.75) is 31.7 Å². The normalized spacial score (nSPS) is 20.4. The third-order valence-corrected chi connectivity index (χ3v) is 5.12. The number of hydrogen-bond acceptors (Lipinski definition) is 5. The number of aliphatic hydroxyl groups excluding tert-OH is 1. The number of benzene rings is 1. The van der Waals surface area contributed by atoms with Gasteiger partial charge in [-0.3, -0.25) is 9.78 Å². The summed E-state index contributed by atoms with van der Waals surface area (Å²) in [7, 11) is 0. The molecule has 2 aromatic heterocycles. The number of halogens is 1. The van der Waals surface area contributed by atoms with Crippen LogP contribution in [0.1, 0.15) is 39.9 Å². The quantitative estimate of drug-likeness (QED) is 0.710. The van der Waals surface area contributed by atoms with Crippen molar-refractivity contribution in [3.8, 4) is 0 Å². The van der Waals surface area contributed by atoms with Crippen LogP contribution in [0.5, 0.6) is 0 Å². The van der Waals surface area contributed by atoms with Crippen LogP contribution in [0.3, 0.4) is 0 Å². The molecule has 0 aliphatic carbocycles. The monoisotopic (exact) mass is 395 g/mol. The molecule has 6 nitrogen and oxygen atoms in total. The Morgan fingerprint density at radius 2 is 2.14 bits per heavy atom. The second-order valence-electron chi connectivity index (χ2n) is 7.22. The Labute approximate surface area is 167 Å². The fraction of sp³-hybridized carbons (Fsp3) is 0.318. The highest BCUT2D eigenvalue weighted by molar-refractivity contribution is 5.96. The summed E-state index contributed by atoms with van der Waals surface area (Å²) in [6.07, 6.45) is -0.210. The second kappa shape index (κ2) is 8.23. The molecule has 3 aromatic rings. The van der Waals surface area contributed by atoms with Gasteiger partial charge < -0.3 is 15.2 Å². The van der Waals surface area contributed by atoms with E-state index in [0.29, 0.717) is 35.1 Å². The van der Waals surface area contributed by atoms with Crippen LogP contribution in [0.25, 0.3) is 10.9 Å². The van der Waals surface area contributed by atoms with Gasteiger partial charge in [0.2, 0.25) is 0 Å². The van der Waals surface area contributed by atoms with E-state index in [1.54, 1.807) is 30.3 Å². The summed E-state index contributed by atoms with van der Waals surface area (Å²) >= 11 is 0. The summed E-state index contributed by atoms with van der Waals surface area (Å²) < 4.78 is 20.6. The number of carbonyl (C=O) groups excluding carboxylic acids is 1. The van der Waals surface area contributed by atoms with Gasteiger partial charge in [-0.15, -0.1) is 0 Å². The third-order valence-electron chi connectivity index (χ3n) is 5.12. The number of carbonyl (C=O) groups is 1. The number of amides is 1. The zero-order chi connectivity index (χ0) is 20.4. The number of para-hydroxylation sites is 1. The van der Waals surface area contributed by atoms with E-state index in [2.05, 4.69) is 15.3 Å². The first-order valence-corrected chi connectivity index (χ1v) is 9.56. The van der Waals surface area contributed by atoms with Crippen LogP contribution >= 0.6 is 0 Å². The summed E-state index contributed by atoms with van der Waals surface area (Å²) in [6.45, 7) is 2.48. The van der Waals surface area contributed by atoms with Crippen LogP contribution < -0.4 is 5.32 Å². The van der Waals surface area contributed by atoms with Crippen LogP contribution in [0, 0.1) is 6.92 Å². The Hall–Kier alpha value is -2.90. The molecule has 1 aliphatic heterocycles. The molecule has 1 unspecified atom stereocenters. The van der Waals surface area contributed by atoms with Gasteiger partial charge in [0, 0.05) is 35.0 Å². The molecule has 1 amide bonds. The lowest BCUT2D eigenvalue weighted by molar-refractivity contribution is -0.0261. The number of aromatic nitrogens is 2. The first-order chi connectivity index (χ1) is 14.0. The van der Waals surface area contributed by atoms with Crippen LogP contribution in [0.2, 0.25) is 0 Å². The highest BCUT2D eigenvalue weighted by Gasteiger charge is 2.27. The van der Waals surface area contributed by atoms with Crippen molar-refractivity contribution >= 4 is 16.8 Å².